The first-order valence-electron chi connectivity index (χ1n) is 11.1. The quantitative estimate of drug-likeness (QED) is 0.349. The van der Waals surface area contributed by atoms with E-state index in [1.54, 1.807) is 13.0 Å². The number of rotatable bonds is 5. The van der Waals surface area contributed by atoms with E-state index in [9.17, 15) is 18.8 Å². The van der Waals surface area contributed by atoms with E-state index in [1.165, 1.54) is 42.2 Å². The van der Waals surface area contributed by atoms with Crippen LogP contribution < -0.4 is 16.4 Å². The van der Waals surface area contributed by atoms with Crippen molar-refractivity contribution >= 4 is 27.8 Å². The molecule has 1 aromatic carbocycles. The third-order valence-corrected chi connectivity index (χ3v) is 5.94. The van der Waals surface area contributed by atoms with Crippen LogP contribution in [0.2, 0.25) is 0 Å². The molecular weight excluding hydrogens is 470 g/mol. The summed E-state index contributed by atoms with van der Waals surface area (Å²) in [5, 5.41) is 2.87. The maximum absolute atomic E-state index is 15.1. The summed E-state index contributed by atoms with van der Waals surface area (Å²) in [6.07, 6.45) is 2.63. The summed E-state index contributed by atoms with van der Waals surface area (Å²) in [6, 6.07) is 6.80. The van der Waals surface area contributed by atoms with Crippen molar-refractivity contribution in [2.24, 2.45) is 0 Å². The zero-order valence-electron chi connectivity index (χ0n) is 19.3. The summed E-state index contributed by atoms with van der Waals surface area (Å²) in [4.78, 5) is 51.7. The Labute approximate surface area is 201 Å². The average Bonchev–Trinajstić information content (AvgIpc) is 3.13. The highest BCUT2D eigenvalue weighted by Gasteiger charge is 2.28. The number of nitrogens with zero attached hydrogens (tertiary/aromatic N) is 3. The number of aromatic amines is 2. The van der Waals surface area contributed by atoms with Crippen LogP contribution in [0.4, 0.5) is 8.78 Å². The number of hydrogen-bond donors (Lipinski definition) is 3. The molecule has 0 spiro atoms. The Morgan fingerprint density at radius 3 is 2.67 bits per heavy atom. The molecule has 5 aromatic rings. The van der Waals surface area contributed by atoms with E-state index < -0.39 is 28.7 Å². The SMILES string of the molecule is CCNC(=O)c1c(-c2ccc[nH]c2=O)c2nc(C)c(F)cc2n1Cc1cc2c(=O)[nH]cnc2cc1F. The van der Waals surface area contributed by atoms with E-state index in [4.69, 9.17) is 0 Å². The van der Waals surface area contributed by atoms with Gasteiger partial charge in [0.15, 0.2) is 0 Å². The van der Waals surface area contributed by atoms with Gasteiger partial charge in [0.25, 0.3) is 17.0 Å². The Hall–Kier alpha value is -4.67. The molecule has 3 N–H and O–H groups in total. The molecule has 11 heteroatoms. The number of carbonyl (C=O) groups is 1. The Morgan fingerprint density at radius 1 is 1.11 bits per heavy atom. The number of carbonyl (C=O) groups excluding carboxylic acids is 1. The molecule has 5 rings (SSSR count). The topological polar surface area (TPSA) is 126 Å². The molecule has 0 saturated heterocycles. The average molecular weight is 490 g/mol. The van der Waals surface area contributed by atoms with Gasteiger partial charge in [-0.15, -0.1) is 0 Å². The monoisotopic (exact) mass is 490 g/mol. The fourth-order valence-corrected chi connectivity index (χ4v) is 4.27. The number of H-pyrrole nitrogens is 2. The summed E-state index contributed by atoms with van der Waals surface area (Å²) in [6.45, 7) is 3.23. The molecule has 0 atom stereocenters. The van der Waals surface area contributed by atoms with Gasteiger partial charge in [0.2, 0.25) is 0 Å². The molecule has 0 aliphatic rings. The molecule has 0 radical (unpaired) electrons. The van der Waals surface area contributed by atoms with Gasteiger partial charge in [-0.2, -0.15) is 0 Å². The molecule has 4 heterocycles. The van der Waals surface area contributed by atoms with Gasteiger partial charge in [-0.3, -0.25) is 14.4 Å². The van der Waals surface area contributed by atoms with Crippen molar-refractivity contribution < 1.29 is 13.6 Å². The van der Waals surface area contributed by atoms with Gasteiger partial charge in [0.05, 0.1) is 46.1 Å². The van der Waals surface area contributed by atoms with Gasteiger partial charge >= 0.3 is 0 Å². The second-order valence-electron chi connectivity index (χ2n) is 8.20. The third-order valence-electron chi connectivity index (χ3n) is 5.94. The zero-order valence-corrected chi connectivity index (χ0v) is 19.3. The number of nitrogens with one attached hydrogen (secondary N) is 3. The molecule has 0 unspecified atom stereocenters. The lowest BCUT2D eigenvalue weighted by Crippen LogP contribution is -2.27. The van der Waals surface area contributed by atoms with Crippen LogP contribution in [-0.4, -0.2) is 37.0 Å². The summed E-state index contributed by atoms with van der Waals surface area (Å²) < 4.78 is 31.3. The third kappa shape index (κ3) is 3.74. The summed E-state index contributed by atoms with van der Waals surface area (Å²) in [5.74, 6) is -1.84. The second-order valence-corrected chi connectivity index (χ2v) is 8.20. The van der Waals surface area contributed by atoms with Gasteiger partial charge in [0, 0.05) is 36.0 Å². The molecule has 1 amide bonds. The number of halogens is 2. The minimum Gasteiger partial charge on any atom is -0.351 e. The first-order valence-corrected chi connectivity index (χ1v) is 11.1. The van der Waals surface area contributed by atoms with E-state index >= 15 is 4.39 Å². The van der Waals surface area contributed by atoms with Gasteiger partial charge in [-0.1, -0.05) is 0 Å². The Balaban J connectivity index is 1.86. The first-order chi connectivity index (χ1) is 17.3. The highest BCUT2D eigenvalue weighted by molar-refractivity contribution is 6.09. The highest BCUT2D eigenvalue weighted by atomic mass is 19.1. The minimum atomic E-state index is -0.663. The van der Waals surface area contributed by atoms with Crippen LogP contribution in [0.5, 0.6) is 0 Å². The lowest BCUT2D eigenvalue weighted by Gasteiger charge is -2.13. The zero-order chi connectivity index (χ0) is 25.6. The van der Waals surface area contributed by atoms with Gasteiger partial charge in [0.1, 0.15) is 17.3 Å². The van der Waals surface area contributed by atoms with Crippen LogP contribution in [0.25, 0.3) is 33.1 Å². The lowest BCUT2D eigenvalue weighted by molar-refractivity contribution is 0.0948. The predicted octanol–water partition coefficient (Wildman–Crippen LogP) is 3.01. The van der Waals surface area contributed by atoms with Crippen LogP contribution in [0.15, 0.2) is 52.4 Å². The van der Waals surface area contributed by atoms with Gasteiger partial charge in [-0.05, 0) is 32.0 Å². The highest BCUT2D eigenvalue weighted by Crippen LogP contribution is 2.34. The molecule has 36 heavy (non-hydrogen) atoms. The molecule has 0 aliphatic carbocycles. The normalized spacial score (nSPS) is 11.3. The van der Waals surface area contributed by atoms with Crippen molar-refractivity contribution in [3.05, 3.63) is 92.1 Å². The Morgan fingerprint density at radius 2 is 1.92 bits per heavy atom. The van der Waals surface area contributed by atoms with E-state index in [0.29, 0.717) is 0 Å². The van der Waals surface area contributed by atoms with E-state index in [0.717, 1.165) is 6.07 Å². The van der Waals surface area contributed by atoms with E-state index in [-0.39, 0.29) is 63.1 Å². The number of aromatic nitrogens is 5. The first kappa shape index (κ1) is 23.1. The Bertz CT molecular complexity index is 1790. The Kier molecular flexibility index (Phi) is 5.67. The smallest absolute Gasteiger partial charge is 0.268 e. The van der Waals surface area contributed by atoms with Crippen LogP contribution in [-0.2, 0) is 6.54 Å². The van der Waals surface area contributed by atoms with Crippen LogP contribution >= 0.6 is 0 Å². The summed E-state index contributed by atoms with van der Waals surface area (Å²) >= 11 is 0. The molecular formula is C25H20F2N6O3. The number of fused-ring (bicyclic) bond motifs is 2. The van der Waals surface area contributed by atoms with E-state index in [2.05, 4.69) is 25.3 Å². The minimum absolute atomic E-state index is 0.0145. The summed E-state index contributed by atoms with van der Waals surface area (Å²) in [5.41, 5.74) is 0.153. The van der Waals surface area contributed by atoms with Crippen LogP contribution in [0.3, 0.4) is 0 Å². The number of amides is 1. The van der Waals surface area contributed by atoms with E-state index in [1.807, 2.05) is 0 Å². The van der Waals surface area contributed by atoms with Crippen molar-refractivity contribution in [2.45, 2.75) is 20.4 Å². The van der Waals surface area contributed by atoms with Crippen molar-refractivity contribution in [1.82, 2.24) is 29.8 Å². The van der Waals surface area contributed by atoms with Crippen LogP contribution in [0.1, 0.15) is 28.7 Å². The number of benzene rings is 1. The maximum Gasteiger partial charge on any atom is 0.268 e. The van der Waals surface area contributed by atoms with Crippen molar-refractivity contribution in [3.8, 4) is 11.1 Å². The van der Waals surface area contributed by atoms with Crippen molar-refractivity contribution in [2.75, 3.05) is 6.54 Å². The fourth-order valence-electron chi connectivity index (χ4n) is 4.27. The number of pyridine rings is 2. The maximum atomic E-state index is 15.1. The molecule has 0 saturated carbocycles. The summed E-state index contributed by atoms with van der Waals surface area (Å²) in [7, 11) is 0. The molecule has 182 valence electrons. The number of aryl methyl sites for hydroxylation is 1. The predicted molar refractivity (Wildman–Crippen MR) is 130 cm³/mol. The number of hydrogen-bond acceptors (Lipinski definition) is 5. The van der Waals surface area contributed by atoms with Crippen molar-refractivity contribution in [3.63, 3.8) is 0 Å². The standard InChI is InChI=1S/C25H20F2N6O3/c1-3-28-25(36)22-20(14-5-4-6-29-23(14)34)21-19(9-16(26)12(2)32-21)33(22)10-13-7-15-18(8-17(13)27)30-11-31-24(15)35/h4-9,11H,3,10H2,1-2H3,(H,28,36)(H,29,34)(H,30,31,35). The van der Waals surface area contributed by atoms with Crippen molar-refractivity contribution in [1.29, 1.82) is 0 Å². The molecule has 4 aromatic heterocycles. The van der Waals surface area contributed by atoms with Crippen LogP contribution in [0, 0.1) is 18.6 Å². The molecule has 9 nitrogen and oxygen atoms in total. The largest absolute Gasteiger partial charge is 0.351 e. The van der Waals surface area contributed by atoms with Gasteiger partial charge < -0.3 is 19.9 Å². The molecule has 0 fully saturated rings. The van der Waals surface area contributed by atoms with Gasteiger partial charge in [-0.25, -0.2) is 18.7 Å². The molecule has 0 bridgehead atoms. The fraction of sp³-hybridized carbons (Fsp3) is 0.160. The molecule has 0 aliphatic heterocycles. The lowest BCUT2D eigenvalue weighted by atomic mass is 10.1. The second kappa shape index (κ2) is 8.84.